The first-order valence-electron chi connectivity index (χ1n) is 7.72. The van der Waals surface area contributed by atoms with E-state index in [0.29, 0.717) is 17.9 Å². The molecule has 0 atom stereocenters. The van der Waals surface area contributed by atoms with Crippen molar-refractivity contribution in [1.29, 1.82) is 0 Å². The van der Waals surface area contributed by atoms with Gasteiger partial charge in [0.05, 0.1) is 19.2 Å². The Balaban J connectivity index is 1.79. The number of carbonyl (C=O) groups is 1. The van der Waals surface area contributed by atoms with Crippen molar-refractivity contribution in [3.05, 3.63) is 71.9 Å². The van der Waals surface area contributed by atoms with Crippen LogP contribution in [0.5, 0.6) is 5.75 Å². The number of anilines is 1. The van der Waals surface area contributed by atoms with Gasteiger partial charge in [-0.2, -0.15) is 0 Å². The number of rotatable bonds is 4. The van der Waals surface area contributed by atoms with Gasteiger partial charge in [0.25, 0.3) is 5.91 Å². The Kier molecular flexibility index (Phi) is 3.31. The molecule has 4 nitrogen and oxygen atoms in total. The van der Waals surface area contributed by atoms with Crippen molar-refractivity contribution in [3.63, 3.8) is 0 Å². The Hall–Kier alpha value is -3.14. The largest absolute Gasteiger partial charge is 0.497 e. The van der Waals surface area contributed by atoms with Gasteiger partial charge >= 0.3 is 0 Å². The zero-order chi connectivity index (χ0) is 16.7. The highest BCUT2D eigenvalue weighted by Crippen LogP contribution is 2.38. The molecule has 2 aromatic carbocycles. The third-order valence-corrected chi connectivity index (χ3v) is 4.38. The predicted octanol–water partition coefficient (Wildman–Crippen LogP) is 4.05. The number of aromatic nitrogens is 1. The lowest BCUT2D eigenvalue weighted by Gasteiger charge is -2.17. The topological polar surface area (TPSA) is 42.4 Å². The summed E-state index contributed by atoms with van der Waals surface area (Å²) in [6.45, 7) is 4.31. The van der Waals surface area contributed by atoms with Crippen LogP contribution >= 0.6 is 0 Å². The first-order valence-corrected chi connectivity index (χ1v) is 7.72. The molecule has 0 radical (unpaired) electrons. The molecule has 1 aliphatic rings. The van der Waals surface area contributed by atoms with Crippen molar-refractivity contribution in [2.24, 2.45) is 0 Å². The van der Waals surface area contributed by atoms with Crippen LogP contribution in [-0.4, -0.2) is 18.0 Å². The molecule has 118 valence electrons. The van der Waals surface area contributed by atoms with E-state index < -0.39 is 0 Å². The quantitative estimate of drug-likeness (QED) is 0.729. The number of carbonyl (C=O) groups excluding carboxylic acids is 1. The van der Waals surface area contributed by atoms with Gasteiger partial charge in [-0.05, 0) is 29.1 Å². The first-order chi connectivity index (χ1) is 11.7. The molecule has 0 N–H and O–H groups in total. The molecule has 0 saturated heterocycles. The van der Waals surface area contributed by atoms with Crippen molar-refractivity contribution in [1.82, 2.24) is 4.98 Å². The van der Waals surface area contributed by atoms with Crippen LogP contribution in [0, 0.1) is 0 Å². The van der Waals surface area contributed by atoms with E-state index in [1.165, 1.54) is 0 Å². The molecule has 0 saturated carbocycles. The Labute approximate surface area is 140 Å². The van der Waals surface area contributed by atoms with Crippen molar-refractivity contribution >= 4 is 28.6 Å². The molecule has 1 amide bonds. The van der Waals surface area contributed by atoms with Crippen LogP contribution in [0.1, 0.15) is 21.5 Å². The zero-order valence-corrected chi connectivity index (χ0v) is 13.3. The van der Waals surface area contributed by atoms with E-state index in [4.69, 9.17) is 4.74 Å². The number of pyridine rings is 1. The van der Waals surface area contributed by atoms with Crippen LogP contribution in [0.3, 0.4) is 0 Å². The molecular formula is C20H16N2O2. The van der Waals surface area contributed by atoms with Crippen molar-refractivity contribution in [2.45, 2.75) is 6.54 Å². The molecule has 4 rings (SSSR count). The van der Waals surface area contributed by atoms with E-state index in [0.717, 1.165) is 27.6 Å². The van der Waals surface area contributed by atoms with Gasteiger partial charge < -0.3 is 4.74 Å². The van der Waals surface area contributed by atoms with Crippen LogP contribution in [0.4, 0.5) is 5.82 Å². The summed E-state index contributed by atoms with van der Waals surface area (Å²) in [7, 11) is 1.64. The van der Waals surface area contributed by atoms with E-state index >= 15 is 0 Å². The number of nitrogens with zero attached hydrogens (tertiary/aromatic N) is 2. The third-order valence-electron chi connectivity index (χ3n) is 4.38. The van der Waals surface area contributed by atoms with Gasteiger partial charge in [0.2, 0.25) is 0 Å². The maximum atomic E-state index is 12.8. The van der Waals surface area contributed by atoms with Crippen LogP contribution < -0.4 is 9.64 Å². The molecule has 0 spiro atoms. The molecule has 0 bridgehead atoms. The molecule has 1 aliphatic heterocycles. The smallest absolute Gasteiger partial charge is 0.260 e. The lowest BCUT2D eigenvalue weighted by molar-refractivity contribution is 0.0991. The Morgan fingerprint density at radius 2 is 2.00 bits per heavy atom. The molecular weight excluding hydrogens is 300 g/mol. The van der Waals surface area contributed by atoms with Gasteiger partial charge in [0.15, 0.2) is 0 Å². The number of hydrogen-bond donors (Lipinski definition) is 0. The fourth-order valence-corrected chi connectivity index (χ4v) is 3.15. The van der Waals surface area contributed by atoms with E-state index in [1.807, 2.05) is 42.5 Å². The molecule has 0 fully saturated rings. The van der Waals surface area contributed by atoms with Gasteiger partial charge in [0, 0.05) is 17.1 Å². The first kappa shape index (κ1) is 14.5. The average molecular weight is 316 g/mol. The lowest BCUT2D eigenvalue weighted by atomic mass is 10.0. The van der Waals surface area contributed by atoms with Gasteiger partial charge in [-0.3, -0.25) is 9.69 Å². The van der Waals surface area contributed by atoms with Gasteiger partial charge in [0.1, 0.15) is 11.6 Å². The SMILES string of the molecule is C=Cc1cnc2c3c(cccc13)C(=O)N2Cc1ccc(OC)cc1. The Morgan fingerprint density at radius 1 is 1.21 bits per heavy atom. The monoisotopic (exact) mass is 316 g/mol. The minimum absolute atomic E-state index is 0.0138. The van der Waals surface area contributed by atoms with E-state index in [9.17, 15) is 4.79 Å². The number of ether oxygens (including phenoxy) is 1. The fourth-order valence-electron chi connectivity index (χ4n) is 3.15. The molecule has 1 aromatic heterocycles. The summed E-state index contributed by atoms with van der Waals surface area (Å²) < 4.78 is 5.18. The van der Waals surface area contributed by atoms with E-state index in [2.05, 4.69) is 11.6 Å². The fraction of sp³-hybridized carbons (Fsp3) is 0.100. The summed E-state index contributed by atoms with van der Waals surface area (Å²) in [6.07, 6.45) is 3.54. The van der Waals surface area contributed by atoms with Crippen molar-refractivity contribution in [3.8, 4) is 5.75 Å². The number of amides is 1. The normalized spacial score (nSPS) is 12.7. The second kappa shape index (κ2) is 5.49. The molecule has 0 aliphatic carbocycles. The minimum atomic E-state index is -0.0138. The minimum Gasteiger partial charge on any atom is -0.497 e. The molecule has 4 heteroatoms. The van der Waals surface area contributed by atoms with Crippen LogP contribution in [0.25, 0.3) is 16.8 Å². The summed E-state index contributed by atoms with van der Waals surface area (Å²) in [4.78, 5) is 19.1. The second-order valence-electron chi connectivity index (χ2n) is 5.71. The van der Waals surface area contributed by atoms with E-state index in [-0.39, 0.29) is 5.91 Å². The maximum Gasteiger partial charge on any atom is 0.260 e. The summed E-state index contributed by atoms with van der Waals surface area (Å²) in [5.41, 5.74) is 2.67. The lowest BCUT2D eigenvalue weighted by Crippen LogP contribution is -2.26. The van der Waals surface area contributed by atoms with Crippen LogP contribution in [-0.2, 0) is 6.54 Å². The van der Waals surface area contributed by atoms with Gasteiger partial charge in [-0.25, -0.2) is 4.98 Å². The Bertz CT molecular complexity index is 961. The highest BCUT2D eigenvalue weighted by molar-refractivity contribution is 6.24. The van der Waals surface area contributed by atoms with Gasteiger partial charge in [-0.15, -0.1) is 0 Å². The standard InChI is InChI=1S/C20H16N2O2/c1-3-14-11-21-19-18-16(14)5-4-6-17(18)20(23)22(19)12-13-7-9-15(24-2)10-8-13/h3-11H,1,12H2,2H3. The highest BCUT2D eigenvalue weighted by atomic mass is 16.5. The second-order valence-corrected chi connectivity index (χ2v) is 5.71. The summed E-state index contributed by atoms with van der Waals surface area (Å²) in [5, 5.41) is 1.92. The van der Waals surface area contributed by atoms with Crippen molar-refractivity contribution < 1.29 is 9.53 Å². The molecule has 3 aromatic rings. The summed E-state index contributed by atoms with van der Waals surface area (Å²) in [5.74, 6) is 1.50. The summed E-state index contributed by atoms with van der Waals surface area (Å²) >= 11 is 0. The predicted molar refractivity (Wildman–Crippen MR) is 95.3 cm³/mol. The third kappa shape index (κ3) is 2.07. The summed E-state index contributed by atoms with van der Waals surface area (Å²) in [6, 6.07) is 13.5. The zero-order valence-electron chi connectivity index (χ0n) is 13.3. The maximum absolute atomic E-state index is 12.8. The van der Waals surface area contributed by atoms with Crippen LogP contribution in [0.15, 0.2) is 55.2 Å². The van der Waals surface area contributed by atoms with Gasteiger partial charge in [-0.1, -0.05) is 36.9 Å². The average Bonchev–Trinajstić information content (AvgIpc) is 2.90. The van der Waals surface area contributed by atoms with Crippen molar-refractivity contribution in [2.75, 3.05) is 12.0 Å². The van der Waals surface area contributed by atoms with E-state index in [1.54, 1.807) is 24.3 Å². The van der Waals surface area contributed by atoms with Crippen LogP contribution in [0.2, 0.25) is 0 Å². The number of benzene rings is 2. The molecule has 2 heterocycles. The highest BCUT2D eigenvalue weighted by Gasteiger charge is 2.31. The molecule has 0 unspecified atom stereocenters. The Morgan fingerprint density at radius 3 is 2.71 bits per heavy atom. The number of hydrogen-bond acceptors (Lipinski definition) is 3. The number of methoxy groups -OCH3 is 1. The molecule has 24 heavy (non-hydrogen) atoms.